The first-order chi connectivity index (χ1) is 17.6. The lowest BCUT2D eigenvalue weighted by molar-refractivity contribution is -0.148. The van der Waals surface area contributed by atoms with Crippen molar-refractivity contribution in [3.05, 3.63) is 40.2 Å². The number of carbonyl (C=O) groups excluding carboxylic acids is 3. The van der Waals surface area contributed by atoms with Gasteiger partial charge in [0.25, 0.3) is 0 Å². The number of hydrogen-bond donors (Lipinski definition) is 0. The van der Waals surface area contributed by atoms with Gasteiger partial charge in [0.15, 0.2) is 5.69 Å². The first-order valence-corrected chi connectivity index (χ1v) is 13.9. The zero-order valence-corrected chi connectivity index (χ0v) is 22.7. The van der Waals surface area contributed by atoms with Crippen LogP contribution in [0.15, 0.2) is 17.7 Å². The van der Waals surface area contributed by atoms with Crippen molar-refractivity contribution >= 4 is 17.9 Å². The van der Waals surface area contributed by atoms with Crippen LogP contribution in [0.25, 0.3) is 0 Å². The Morgan fingerprint density at radius 2 is 1.68 bits per heavy atom. The summed E-state index contributed by atoms with van der Waals surface area (Å²) in [5.74, 6) is 0.160. The minimum absolute atomic E-state index is 0.00948. The number of rotatable bonds is 5. The Bertz CT molecular complexity index is 1160. The number of hydrogen-bond acceptors (Lipinski definition) is 7. The van der Waals surface area contributed by atoms with Crippen molar-refractivity contribution in [2.45, 2.75) is 91.1 Å². The molecule has 5 rings (SSSR count). The van der Waals surface area contributed by atoms with E-state index in [1.807, 2.05) is 6.07 Å². The van der Waals surface area contributed by atoms with Crippen LogP contribution in [-0.4, -0.2) is 42.2 Å². The highest BCUT2D eigenvalue weighted by molar-refractivity contribution is 6.02. The first kappa shape index (κ1) is 25.9. The van der Waals surface area contributed by atoms with Crippen LogP contribution in [0.3, 0.4) is 0 Å². The molecule has 6 atom stereocenters. The minimum atomic E-state index is -0.573. The van der Waals surface area contributed by atoms with Crippen LogP contribution in [0.4, 0.5) is 0 Å². The van der Waals surface area contributed by atoms with E-state index in [0.717, 1.165) is 56.2 Å². The van der Waals surface area contributed by atoms with Crippen molar-refractivity contribution in [1.29, 1.82) is 0 Å². The molecule has 1 heterocycles. The lowest BCUT2D eigenvalue weighted by Crippen LogP contribution is -2.51. The van der Waals surface area contributed by atoms with Crippen molar-refractivity contribution in [2.75, 3.05) is 13.2 Å². The summed E-state index contributed by atoms with van der Waals surface area (Å²) in [6.45, 7) is 10.2. The molecule has 1 aromatic rings. The summed E-state index contributed by atoms with van der Waals surface area (Å²) in [4.78, 5) is 42.0. The Hall–Kier alpha value is -2.70. The molecule has 200 valence electrons. The van der Waals surface area contributed by atoms with Gasteiger partial charge >= 0.3 is 17.9 Å². The lowest BCUT2D eigenvalue weighted by Gasteiger charge is -2.57. The molecule has 0 N–H and O–H groups in total. The second-order valence-electron chi connectivity index (χ2n) is 11.7. The standard InChI is InChI=1S/C30H39NO6/c1-6-35-27(33)22-14-18-15-24-21-9-8-19-16-20(37-17(3)32)10-12-29(19,4)23(21)11-13-30(24,5)26(18)31-25(22)28(34)36-7-2/h8,14,20-21,23-24H,6-7,9-13,15-16H2,1-5H3/t20-,21+,23-,24-,29-,30-/m0/s1. The maximum absolute atomic E-state index is 12.8. The third-order valence-electron chi connectivity index (χ3n) is 9.83. The highest BCUT2D eigenvalue weighted by Gasteiger charge is 2.58. The highest BCUT2D eigenvalue weighted by Crippen LogP contribution is 2.64. The van der Waals surface area contributed by atoms with Gasteiger partial charge in [0.05, 0.1) is 24.5 Å². The molecule has 1 aromatic heterocycles. The molecule has 0 saturated heterocycles. The molecule has 0 amide bonds. The van der Waals surface area contributed by atoms with Crippen LogP contribution < -0.4 is 0 Å². The van der Waals surface area contributed by atoms with Crippen LogP contribution in [0.2, 0.25) is 0 Å². The van der Waals surface area contributed by atoms with Crippen molar-refractivity contribution in [3.63, 3.8) is 0 Å². The predicted octanol–water partition coefficient (Wildman–Crippen LogP) is 5.34. The molecule has 0 radical (unpaired) electrons. The average Bonchev–Trinajstić information content (AvgIpc) is 3.15. The average molecular weight is 510 g/mol. The SMILES string of the molecule is CCOC(=O)c1cc2c(nc1C(=O)OCC)[C@@]1(C)CC[C@H]3[C@@H](CC=C4C[C@@H](OC(C)=O)CC[C@@]43C)[C@@H]1C2. The number of nitrogens with zero attached hydrogens (tertiary/aromatic N) is 1. The summed E-state index contributed by atoms with van der Waals surface area (Å²) in [6.07, 6.45) is 9.15. The Kier molecular flexibility index (Phi) is 6.70. The van der Waals surface area contributed by atoms with Crippen LogP contribution in [0.1, 0.15) is 105 Å². The quantitative estimate of drug-likeness (QED) is 0.300. The number of pyridine rings is 1. The summed E-state index contributed by atoms with van der Waals surface area (Å²) < 4.78 is 16.1. The Balaban J connectivity index is 1.48. The number of fused-ring (bicyclic) bond motifs is 7. The van der Waals surface area contributed by atoms with Crippen LogP contribution in [0.5, 0.6) is 0 Å². The summed E-state index contributed by atoms with van der Waals surface area (Å²) >= 11 is 0. The van der Waals surface area contributed by atoms with E-state index in [-0.39, 0.29) is 47.4 Å². The van der Waals surface area contributed by atoms with Crippen molar-refractivity contribution in [2.24, 2.45) is 23.2 Å². The van der Waals surface area contributed by atoms with Crippen molar-refractivity contribution in [1.82, 2.24) is 4.98 Å². The molecule has 0 aliphatic heterocycles. The van der Waals surface area contributed by atoms with Gasteiger partial charge in [-0.15, -0.1) is 0 Å². The molecular formula is C30H39NO6. The zero-order chi connectivity index (χ0) is 26.5. The molecule has 0 unspecified atom stereocenters. The van der Waals surface area contributed by atoms with Gasteiger partial charge < -0.3 is 14.2 Å². The van der Waals surface area contributed by atoms with Crippen molar-refractivity contribution < 1.29 is 28.6 Å². The van der Waals surface area contributed by atoms with Crippen LogP contribution >= 0.6 is 0 Å². The van der Waals surface area contributed by atoms with E-state index in [9.17, 15) is 14.4 Å². The van der Waals surface area contributed by atoms with E-state index in [2.05, 4.69) is 19.9 Å². The largest absolute Gasteiger partial charge is 0.462 e. The van der Waals surface area contributed by atoms with Gasteiger partial charge in [-0.2, -0.15) is 0 Å². The lowest BCUT2D eigenvalue weighted by atomic mass is 9.48. The van der Waals surface area contributed by atoms with E-state index in [1.54, 1.807) is 13.8 Å². The van der Waals surface area contributed by atoms with Crippen LogP contribution in [-0.2, 0) is 30.8 Å². The summed E-state index contributed by atoms with van der Waals surface area (Å²) in [5.41, 5.74) is 3.71. The molecule has 7 heteroatoms. The molecule has 2 saturated carbocycles. The third kappa shape index (κ3) is 4.18. The smallest absolute Gasteiger partial charge is 0.357 e. The molecule has 2 fully saturated rings. The van der Waals surface area contributed by atoms with Gasteiger partial charge in [0, 0.05) is 18.8 Å². The molecule has 4 aliphatic carbocycles. The first-order valence-electron chi connectivity index (χ1n) is 13.9. The molecule has 0 aromatic carbocycles. The van der Waals surface area contributed by atoms with Gasteiger partial charge in [-0.1, -0.05) is 25.5 Å². The number of carbonyl (C=O) groups is 3. The van der Waals surface area contributed by atoms with Gasteiger partial charge in [0.2, 0.25) is 0 Å². The molecular weight excluding hydrogens is 470 g/mol. The number of aromatic nitrogens is 1. The fraction of sp³-hybridized carbons (Fsp3) is 0.667. The molecule has 0 bridgehead atoms. The number of esters is 3. The number of allylic oxidation sites excluding steroid dienone is 1. The Labute approximate surface area is 219 Å². The fourth-order valence-electron chi connectivity index (χ4n) is 8.11. The Morgan fingerprint density at radius 1 is 0.973 bits per heavy atom. The van der Waals surface area contributed by atoms with Gasteiger partial charge in [0.1, 0.15) is 6.10 Å². The summed E-state index contributed by atoms with van der Waals surface area (Å²) in [6, 6.07) is 1.85. The monoisotopic (exact) mass is 509 g/mol. The molecule has 4 aliphatic rings. The van der Waals surface area contributed by atoms with E-state index in [1.165, 1.54) is 12.5 Å². The summed E-state index contributed by atoms with van der Waals surface area (Å²) in [5, 5.41) is 0. The van der Waals surface area contributed by atoms with E-state index in [4.69, 9.17) is 19.2 Å². The number of ether oxygens (including phenoxy) is 3. The van der Waals surface area contributed by atoms with Crippen molar-refractivity contribution in [3.8, 4) is 0 Å². The van der Waals surface area contributed by atoms with Gasteiger partial charge in [-0.25, -0.2) is 14.6 Å². The van der Waals surface area contributed by atoms with Crippen LogP contribution in [0, 0.1) is 23.2 Å². The van der Waals surface area contributed by atoms with E-state index in [0.29, 0.717) is 17.8 Å². The van der Waals surface area contributed by atoms with Gasteiger partial charge in [-0.3, -0.25) is 4.79 Å². The zero-order valence-electron chi connectivity index (χ0n) is 22.7. The molecule has 7 nitrogen and oxygen atoms in total. The summed E-state index contributed by atoms with van der Waals surface area (Å²) in [7, 11) is 0. The second kappa shape index (κ2) is 9.55. The van der Waals surface area contributed by atoms with E-state index >= 15 is 0 Å². The predicted molar refractivity (Wildman–Crippen MR) is 137 cm³/mol. The molecule has 37 heavy (non-hydrogen) atoms. The topological polar surface area (TPSA) is 91.8 Å². The maximum atomic E-state index is 12.8. The maximum Gasteiger partial charge on any atom is 0.357 e. The third-order valence-corrected chi connectivity index (χ3v) is 9.83. The Morgan fingerprint density at radius 3 is 2.38 bits per heavy atom. The second-order valence-corrected chi connectivity index (χ2v) is 11.7. The van der Waals surface area contributed by atoms with Gasteiger partial charge in [-0.05, 0) is 87.2 Å². The molecule has 0 spiro atoms. The highest BCUT2D eigenvalue weighted by atomic mass is 16.5. The normalized spacial score (nSPS) is 33.7. The minimum Gasteiger partial charge on any atom is -0.462 e. The van der Waals surface area contributed by atoms with E-state index < -0.39 is 11.9 Å². The fourth-order valence-corrected chi connectivity index (χ4v) is 8.11.